The van der Waals surface area contributed by atoms with Gasteiger partial charge in [-0.1, -0.05) is 25.0 Å². The molecule has 0 amide bonds. The topological polar surface area (TPSA) is 102 Å². The van der Waals surface area contributed by atoms with Crippen molar-refractivity contribution in [3.05, 3.63) is 54.1 Å². The molecule has 1 aliphatic rings. The smallest absolute Gasteiger partial charge is 0.240 e. The highest BCUT2D eigenvalue weighted by atomic mass is 32.2. The highest BCUT2D eigenvalue weighted by molar-refractivity contribution is 7.89. The quantitative estimate of drug-likeness (QED) is 0.626. The molecule has 1 saturated carbocycles. The SMILES string of the molecule is COc1ccc(S(=O)(=O)NCCc2ccc(S(=O)(=O)NC3CCCC3)cc2)cc1. The van der Waals surface area contributed by atoms with Crippen LogP contribution in [0.4, 0.5) is 0 Å². The summed E-state index contributed by atoms with van der Waals surface area (Å²) in [5.41, 5.74) is 0.849. The zero-order chi connectivity index (χ0) is 20.9. The summed E-state index contributed by atoms with van der Waals surface area (Å²) in [4.78, 5) is 0.393. The van der Waals surface area contributed by atoms with Crippen LogP contribution < -0.4 is 14.2 Å². The van der Waals surface area contributed by atoms with E-state index in [1.54, 1.807) is 36.4 Å². The Hall–Kier alpha value is -1.94. The molecule has 1 fully saturated rings. The van der Waals surface area contributed by atoms with E-state index in [9.17, 15) is 16.8 Å². The van der Waals surface area contributed by atoms with Crippen LogP contribution >= 0.6 is 0 Å². The highest BCUT2D eigenvalue weighted by Gasteiger charge is 2.22. The largest absolute Gasteiger partial charge is 0.497 e. The number of methoxy groups -OCH3 is 1. The van der Waals surface area contributed by atoms with E-state index in [4.69, 9.17) is 4.74 Å². The predicted molar refractivity (Wildman–Crippen MR) is 111 cm³/mol. The van der Waals surface area contributed by atoms with Gasteiger partial charge in [0.25, 0.3) is 0 Å². The molecule has 158 valence electrons. The maximum atomic E-state index is 12.4. The van der Waals surface area contributed by atoms with Gasteiger partial charge in [-0.25, -0.2) is 26.3 Å². The van der Waals surface area contributed by atoms with Crippen LogP contribution in [-0.4, -0.2) is 36.5 Å². The summed E-state index contributed by atoms with van der Waals surface area (Å²) in [5, 5.41) is 0. The second-order valence-electron chi connectivity index (χ2n) is 7.07. The Morgan fingerprint density at radius 3 is 2.00 bits per heavy atom. The predicted octanol–water partition coefficient (Wildman–Crippen LogP) is 2.44. The lowest BCUT2D eigenvalue weighted by Crippen LogP contribution is -2.32. The number of rotatable bonds is 9. The summed E-state index contributed by atoms with van der Waals surface area (Å²) in [5.74, 6) is 0.585. The lowest BCUT2D eigenvalue weighted by atomic mass is 10.2. The molecular weight excluding hydrogens is 412 g/mol. The van der Waals surface area contributed by atoms with E-state index in [0.717, 1.165) is 31.2 Å². The van der Waals surface area contributed by atoms with Crippen LogP contribution in [0.25, 0.3) is 0 Å². The number of hydrogen-bond acceptors (Lipinski definition) is 5. The second-order valence-corrected chi connectivity index (χ2v) is 10.6. The number of benzene rings is 2. The summed E-state index contributed by atoms with van der Waals surface area (Å²) in [7, 11) is -5.61. The van der Waals surface area contributed by atoms with Crippen molar-refractivity contribution in [1.82, 2.24) is 9.44 Å². The van der Waals surface area contributed by atoms with Crippen molar-refractivity contribution in [2.45, 2.75) is 47.9 Å². The molecule has 0 unspecified atom stereocenters. The second kappa shape index (κ2) is 9.25. The van der Waals surface area contributed by atoms with Gasteiger partial charge >= 0.3 is 0 Å². The fourth-order valence-corrected chi connectivity index (χ4v) is 5.67. The molecular formula is C20H26N2O5S2. The fourth-order valence-electron chi connectivity index (χ4n) is 3.33. The van der Waals surface area contributed by atoms with Gasteiger partial charge in [0.2, 0.25) is 20.0 Å². The molecule has 2 aromatic rings. The Balaban J connectivity index is 1.55. The fraction of sp³-hybridized carbons (Fsp3) is 0.400. The molecule has 29 heavy (non-hydrogen) atoms. The minimum absolute atomic E-state index is 0.0204. The number of nitrogens with one attached hydrogen (secondary N) is 2. The highest BCUT2D eigenvalue weighted by Crippen LogP contribution is 2.21. The van der Waals surface area contributed by atoms with Crippen LogP contribution in [-0.2, 0) is 26.5 Å². The van der Waals surface area contributed by atoms with Crippen LogP contribution in [0.2, 0.25) is 0 Å². The van der Waals surface area contributed by atoms with Gasteiger partial charge in [0.05, 0.1) is 16.9 Å². The molecule has 7 nitrogen and oxygen atoms in total. The number of ether oxygens (including phenoxy) is 1. The summed E-state index contributed by atoms with van der Waals surface area (Å²) >= 11 is 0. The molecule has 0 aromatic heterocycles. The molecule has 0 aliphatic heterocycles. The third-order valence-corrected chi connectivity index (χ3v) is 8.00. The lowest BCUT2D eigenvalue weighted by Gasteiger charge is -2.13. The van der Waals surface area contributed by atoms with Crippen molar-refractivity contribution in [1.29, 1.82) is 0 Å². The zero-order valence-electron chi connectivity index (χ0n) is 16.3. The summed E-state index contributed by atoms with van der Waals surface area (Å²) in [6.45, 7) is 0.209. The Bertz CT molecular complexity index is 1010. The van der Waals surface area contributed by atoms with Crippen molar-refractivity contribution >= 4 is 20.0 Å². The average Bonchev–Trinajstić information content (AvgIpc) is 3.20. The van der Waals surface area contributed by atoms with E-state index in [2.05, 4.69) is 9.44 Å². The first-order valence-electron chi connectivity index (χ1n) is 9.55. The lowest BCUT2D eigenvalue weighted by molar-refractivity contribution is 0.414. The molecule has 0 spiro atoms. The Morgan fingerprint density at radius 1 is 0.862 bits per heavy atom. The summed E-state index contributed by atoms with van der Waals surface area (Å²) < 4.78 is 59.9. The number of hydrogen-bond donors (Lipinski definition) is 2. The number of sulfonamides is 2. The average molecular weight is 439 g/mol. The van der Waals surface area contributed by atoms with Gasteiger partial charge in [-0.15, -0.1) is 0 Å². The molecule has 0 atom stereocenters. The van der Waals surface area contributed by atoms with Crippen LogP contribution in [0.3, 0.4) is 0 Å². The normalized spacial score (nSPS) is 15.5. The Kier molecular flexibility index (Phi) is 6.94. The maximum absolute atomic E-state index is 12.4. The van der Waals surface area contributed by atoms with Crippen LogP contribution in [0.15, 0.2) is 58.3 Å². The van der Waals surface area contributed by atoms with E-state index in [1.807, 2.05) is 0 Å². The van der Waals surface area contributed by atoms with Gasteiger partial charge in [0, 0.05) is 12.6 Å². The van der Waals surface area contributed by atoms with Gasteiger partial charge in [0.15, 0.2) is 0 Å². The third kappa shape index (κ3) is 5.79. The summed E-state index contributed by atoms with van der Waals surface area (Å²) in [6, 6.07) is 12.7. The Labute approximate surface area is 172 Å². The minimum atomic E-state index is -3.61. The third-order valence-electron chi connectivity index (χ3n) is 4.99. The van der Waals surface area contributed by atoms with E-state index in [1.165, 1.54) is 19.2 Å². The molecule has 0 radical (unpaired) electrons. The maximum Gasteiger partial charge on any atom is 0.240 e. The first kappa shape index (κ1) is 21.8. The van der Waals surface area contributed by atoms with Gasteiger partial charge < -0.3 is 4.74 Å². The van der Waals surface area contributed by atoms with Crippen LogP contribution in [0, 0.1) is 0 Å². The van der Waals surface area contributed by atoms with Crippen molar-refractivity contribution in [3.8, 4) is 5.75 Å². The first-order chi connectivity index (χ1) is 13.8. The molecule has 0 bridgehead atoms. The van der Waals surface area contributed by atoms with E-state index < -0.39 is 20.0 Å². The van der Waals surface area contributed by atoms with E-state index >= 15 is 0 Å². The van der Waals surface area contributed by atoms with Crippen molar-refractivity contribution in [2.75, 3.05) is 13.7 Å². The van der Waals surface area contributed by atoms with Crippen molar-refractivity contribution in [2.24, 2.45) is 0 Å². The van der Waals surface area contributed by atoms with Crippen molar-refractivity contribution in [3.63, 3.8) is 0 Å². The van der Waals surface area contributed by atoms with Gasteiger partial charge in [-0.2, -0.15) is 0 Å². The van der Waals surface area contributed by atoms with Crippen LogP contribution in [0.1, 0.15) is 31.2 Å². The molecule has 3 rings (SSSR count). The molecule has 9 heteroatoms. The standard InChI is InChI=1S/C20H26N2O5S2/c1-27-18-8-12-19(13-9-18)28(23,24)21-15-14-16-6-10-20(11-7-16)29(25,26)22-17-4-2-3-5-17/h6-13,17,21-22H,2-5,14-15H2,1H3. The van der Waals surface area contributed by atoms with E-state index in [-0.39, 0.29) is 22.4 Å². The van der Waals surface area contributed by atoms with Crippen molar-refractivity contribution < 1.29 is 21.6 Å². The Morgan fingerprint density at radius 2 is 1.41 bits per heavy atom. The molecule has 1 aliphatic carbocycles. The zero-order valence-corrected chi connectivity index (χ0v) is 17.9. The van der Waals surface area contributed by atoms with Gasteiger partial charge in [-0.05, 0) is 61.2 Å². The molecule has 0 saturated heterocycles. The van der Waals surface area contributed by atoms with Gasteiger partial charge in [-0.3, -0.25) is 0 Å². The monoisotopic (exact) mass is 438 g/mol. The summed E-state index contributed by atoms with van der Waals surface area (Å²) in [6.07, 6.45) is 4.32. The molecule has 2 N–H and O–H groups in total. The minimum Gasteiger partial charge on any atom is -0.497 e. The molecule has 0 heterocycles. The first-order valence-corrected chi connectivity index (χ1v) is 12.5. The van der Waals surface area contributed by atoms with E-state index in [0.29, 0.717) is 12.2 Å². The van der Waals surface area contributed by atoms with Crippen LogP contribution in [0.5, 0.6) is 5.75 Å². The van der Waals surface area contributed by atoms with Gasteiger partial charge in [0.1, 0.15) is 5.75 Å². The molecule has 2 aromatic carbocycles.